The van der Waals surface area contributed by atoms with E-state index in [2.05, 4.69) is 5.32 Å². The van der Waals surface area contributed by atoms with Crippen LogP contribution in [0.4, 0.5) is 11.4 Å². The van der Waals surface area contributed by atoms with E-state index in [1.165, 1.54) is 43.5 Å². The van der Waals surface area contributed by atoms with Crippen molar-refractivity contribution in [3.05, 3.63) is 80.7 Å². The number of nitro groups is 1. The summed E-state index contributed by atoms with van der Waals surface area (Å²) in [5, 5.41) is 13.8. The lowest BCUT2D eigenvalue weighted by Crippen LogP contribution is -2.15. The van der Waals surface area contributed by atoms with Gasteiger partial charge in [0.15, 0.2) is 11.3 Å². The molecule has 0 aliphatic rings. The SMILES string of the molecule is COc1cccc2cc(NC(=O)/C=C/c3cccc([N+](=O)[O-])c3)c(=O)oc12. The van der Waals surface area contributed by atoms with Crippen LogP contribution >= 0.6 is 0 Å². The number of nitro benzene ring substituents is 1. The Kier molecular flexibility index (Phi) is 4.98. The maximum absolute atomic E-state index is 12.1. The molecule has 1 heterocycles. The van der Waals surface area contributed by atoms with E-state index in [0.29, 0.717) is 16.7 Å². The van der Waals surface area contributed by atoms with Crippen LogP contribution in [0, 0.1) is 10.1 Å². The molecule has 0 unspecified atom stereocenters. The lowest BCUT2D eigenvalue weighted by molar-refractivity contribution is -0.384. The minimum absolute atomic E-state index is 0.0237. The molecule has 0 spiro atoms. The van der Waals surface area contributed by atoms with Gasteiger partial charge in [0, 0.05) is 23.6 Å². The molecular weight excluding hydrogens is 352 g/mol. The van der Waals surface area contributed by atoms with Gasteiger partial charge < -0.3 is 14.5 Å². The molecule has 0 fully saturated rings. The summed E-state index contributed by atoms with van der Waals surface area (Å²) in [4.78, 5) is 34.4. The number of ether oxygens (including phenoxy) is 1. The summed E-state index contributed by atoms with van der Waals surface area (Å²) in [5.41, 5.74) is -0.0556. The van der Waals surface area contributed by atoms with E-state index in [0.717, 1.165) is 0 Å². The largest absolute Gasteiger partial charge is 0.493 e. The lowest BCUT2D eigenvalue weighted by atomic mass is 10.2. The number of non-ortho nitro benzene ring substituents is 1. The summed E-state index contributed by atoms with van der Waals surface area (Å²) in [6.07, 6.45) is 2.59. The van der Waals surface area contributed by atoms with Crippen LogP contribution in [0.3, 0.4) is 0 Å². The van der Waals surface area contributed by atoms with Crippen LogP contribution in [0.2, 0.25) is 0 Å². The predicted molar refractivity (Wildman–Crippen MR) is 99.8 cm³/mol. The molecule has 0 saturated heterocycles. The van der Waals surface area contributed by atoms with Gasteiger partial charge in [0.05, 0.1) is 12.0 Å². The number of para-hydroxylation sites is 1. The summed E-state index contributed by atoms with van der Waals surface area (Å²) < 4.78 is 10.4. The molecule has 3 rings (SSSR count). The second kappa shape index (κ2) is 7.52. The van der Waals surface area contributed by atoms with Gasteiger partial charge in [-0.15, -0.1) is 0 Å². The van der Waals surface area contributed by atoms with E-state index >= 15 is 0 Å². The monoisotopic (exact) mass is 366 g/mol. The minimum atomic E-state index is -0.718. The third-order valence-corrected chi connectivity index (χ3v) is 3.71. The van der Waals surface area contributed by atoms with Gasteiger partial charge >= 0.3 is 5.63 Å². The van der Waals surface area contributed by atoms with Crippen LogP contribution in [0.15, 0.2) is 63.8 Å². The third kappa shape index (κ3) is 4.01. The summed E-state index contributed by atoms with van der Waals surface area (Å²) in [5.74, 6) is -0.163. The number of nitrogens with zero attached hydrogens (tertiary/aromatic N) is 1. The first-order valence-electron chi connectivity index (χ1n) is 7.82. The highest BCUT2D eigenvalue weighted by molar-refractivity contribution is 6.02. The molecule has 1 amide bonds. The van der Waals surface area contributed by atoms with E-state index in [-0.39, 0.29) is 17.0 Å². The van der Waals surface area contributed by atoms with E-state index < -0.39 is 16.5 Å². The average molecular weight is 366 g/mol. The van der Waals surface area contributed by atoms with E-state index in [9.17, 15) is 19.7 Å². The smallest absolute Gasteiger partial charge is 0.360 e. The van der Waals surface area contributed by atoms with Crippen LogP contribution in [0.1, 0.15) is 5.56 Å². The zero-order valence-electron chi connectivity index (χ0n) is 14.2. The zero-order valence-corrected chi connectivity index (χ0v) is 14.2. The molecule has 0 saturated carbocycles. The van der Waals surface area contributed by atoms with Crippen LogP contribution in [-0.2, 0) is 4.79 Å². The number of carbonyl (C=O) groups excluding carboxylic acids is 1. The Morgan fingerprint density at radius 2 is 2.00 bits per heavy atom. The molecule has 0 atom stereocenters. The van der Waals surface area contributed by atoms with Gasteiger partial charge in [-0.25, -0.2) is 4.79 Å². The molecule has 0 aliphatic carbocycles. The Morgan fingerprint density at radius 1 is 1.22 bits per heavy atom. The number of carbonyl (C=O) groups is 1. The predicted octanol–water partition coefficient (Wildman–Crippen LogP) is 3.36. The summed E-state index contributed by atoms with van der Waals surface area (Å²) >= 11 is 0. The van der Waals surface area contributed by atoms with Crippen molar-refractivity contribution < 1.29 is 18.9 Å². The van der Waals surface area contributed by atoms with Crippen LogP contribution in [-0.4, -0.2) is 17.9 Å². The van der Waals surface area contributed by atoms with Crippen molar-refractivity contribution in [1.29, 1.82) is 0 Å². The number of anilines is 1. The Hall–Kier alpha value is -3.94. The first-order valence-corrected chi connectivity index (χ1v) is 7.82. The fourth-order valence-corrected chi connectivity index (χ4v) is 2.45. The van der Waals surface area contributed by atoms with Crippen molar-refractivity contribution in [3.63, 3.8) is 0 Å². The molecule has 3 aromatic rings. The molecule has 1 N–H and O–H groups in total. The fourth-order valence-electron chi connectivity index (χ4n) is 2.45. The second-order valence-electron chi connectivity index (χ2n) is 5.50. The first kappa shape index (κ1) is 17.9. The highest BCUT2D eigenvalue weighted by Crippen LogP contribution is 2.25. The van der Waals surface area contributed by atoms with Crippen molar-refractivity contribution in [1.82, 2.24) is 0 Å². The highest BCUT2D eigenvalue weighted by atomic mass is 16.6. The van der Waals surface area contributed by atoms with Gasteiger partial charge in [-0.1, -0.05) is 24.3 Å². The van der Waals surface area contributed by atoms with Gasteiger partial charge in [0.1, 0.15) is 5.69 Å². The standard InChI is InChI=1S/C19H14N2O6/c1-26-16-7-3-5-13-11-15(19(23)27-18(13)16)20-17(22)9-8-12-4-2-6-14(10-12)21(24)25/h2-11H,1H3,(H,20,22)/b9-8+. The topological polar surface area (TPSA) is 112 Å². The number of hydrogen-bond donors (Lipinski definition) is 1. The van der Waals surface area contributed by atoms with Gasteiger partial charge in [-0.05, 0) is 23.8 Å². The number of nitrogens with one attached hydrogen (secondary N) is 1. The molecule has 27 heavy (non-hydrogen) atoms. The second-order valence-corrected chi connectivity index (χ2v) is 5.50. The van der Waals surface area contributed by atoms with Crippen LogP contribution in [0.25, 0.3) is 17.0 Å². The average Bonchev–Trinajstić information content (AvgIpc) is 2.66. The van der Waals surface area contributed by atoms with Crippen molar-refractivity contribution in [2.24, 2.45) is 0 Å². The third-order valence-electron chi connectivity index (χ3n) is 3.71. The summed E-state index contributed by atoms with van der Waals surface area (Å²) in [6, 6.07) is 12.4. The quantitative estimate of drug-likeness (QED) is 0.321. The fraction of sp³-hybridized carbons (Fsp3) is 0.0526. The molecule has 0 radical (unpaired) electrons. The van der Waals surface area contributed by atoms with Crippen LogP contribution in [0.5, 0.6) is 5.75 Å². The Balaban J connectivity index is 1.82. The summed E-state index contributed by atoms with van der Waals surface area (Å²) in [6.45, 7) is 0. The van der Waals surface area contributed by atoms with Gasteiger partial charge in [-0.3, -0.25) is 14.9 Å². The number of fused-ring (bicyclic) bond motifs is 1. The Morgan fingerprint density at radius 3 is 2.74 bits per heavy atom. The highest BCUT2D eigenvalue weighted by Gasteiger charge is 2.11. The number of rotatable bonds is 5. The van der Waals surface area contributed by atoms with Crippen LogP contribution < -0.4 is 15.7 Å². The van der Waals surface area contributed by atoms with Crippen molar-refractivity contribution in [2.75, 3.05) is 12.4 Å². The van der Waals surface area contributed by atoms with Gasteiger partial charge in [0.25, 0.3) is 5.69 Å². The molecule has 0 aliphatic heterocycles. The maximum Gasteiger partial charge on any atom is 0.360 e. The number of hydrogen-bond acceptors (Lipinski definition) is 6. The first-order chi connectivity index (χ1) is 13.0. The van der Waals surface area contributed by atoms with E-state index in [1.54, 1.807) is 24.3 Å². The summed E-state index contributed by atoms with van der Waals surface area (Å²) in [7, 11) is 1.46. The van der Waals surface area contributed by atoms with Crippen molar-refractivity contribution in [2.45, 2.75) is 0 Å². The molecule has 0 bridgehead atoms. The van der Waals surface area contributed by atoms with Crippen molar-refractivity contribution >= 4 is 34.3 Å². The minimum Gasteiger partial charge on any atom is -0.493 e. The zero-order chi connectivity index (χ0) is 19.4. The Labute approximate surface area is 152 Å². The maximum atomic E-state index is 12.1. The molecule has 1 aromatic heterocycles. The van der Waals surface area contributed by atoms with E-state index in [4.69, 9.17) is 9.15 Å². The number of methoxy groups -OCH3 is 1. The van der Waals surface area contributed by atoms with E-state index in [1.807, 2.05) is 0 Å². The molecule has 8 nitrogen and oxygen atoms in total. The number of amides is 1. The molecular formula is C19H14N2O6. The Bertz CT molecular complexity index is 1120. The molecule has 8 heteroatoms. The van der Waals surface area contributed by atoms with Crippen molar-refractivity contribution in [3.8, 4) is 5.75 Å². The van der Waals surface area contributed by atoms with Gasteiger partial charge in [0.2, 0.25) is 5.91 Å². The normalized spacial score (nSPS) is 10.9. The molecule has 136 valence electrons. The number of benzene rings is 2. The lowest BCUT2D eigenvalue weighted by Gasteiger charge is -2.06. The molecule has 2 aromatic carbocycles. The van der Waals surface area contributed by atoms with Gasteiger partial charge in [-0.2, -0.15) is 0 Å².